The number of carbonyl (C=O) groups excluding carboxylic acids is 2. The van der Waals surface area contributed by atoms with Gasteiger partial charge in [-0.3, -0.25) is 19.7 Å². The van der Waals surface area contributed by atoms with Gasteiger partial charge in [0.15, 0.2) is 6.10 Å². The third kappa shape index (κ3) is 3.89. The Balaban J connectivity index is 1.69. The number of nitro benzene ring substituents is 1. The standard InChI is InChI=1S/C19H19N3O5/c1-12(13-6-5-7-14(10-13)22(25)26)21(2)18(23)11-17-19(24)20-15-8-3-4-9-16(15)27-17/h3-10,12,17H,11H2,1-2H3,(H,20,24)/t12-,17-/m1/s1. The smallest absolute Gasteiger partial charge is 0.269 e. The maximum Gasteiger partial charge on any atom is 0.269 e. The predicted octanol–water partition coefficient (Wildman–Crippen LogP) is 2.90. The Bertz CT molecular complexity index is 898. The lowest BCUT2D eigenvalue weighted by atomic mass is 10.1. The summed E-state index contributed by atoms with van der Waals surface area (Å²) in [5, 5.41) is 13.7. The number of hydrogen-bond donors (Lipinski definition) is 1. The van der Waals surface area contributed by atoms with E-state index in [0.29, 0.717) is 17.0 Å². The van der Waals surface area contributed by atoms with Crippen molar-refractivity contribution in [3.05, 3.63) is 64.2 Å². The normalized spacial score (nSPS) is 16.5. The van der Waals surface area contributed by atoms with Crippen LogP contribution in [0, 0.1) is 10.1 Å². The minimum Gasteiger partial charge on any atom is -0.478 e. The monoisotopic (exact) mass is 369 g/mol. The summed E-state index contributed by atoms with van der Waals surface area (Å²) in [6.07, 6.45) is -1.05. The van der Waals surface area contributed by atoms with Crippen molar-refractivity contribution in [3.8, 4) is 5.75 Å². The van der Waals surface area contributed by atoms with Crippen LogP contribution in [0.4, 0.5) is 11.4 Å². The van der Waals surface area contributed by atoms with Crippen LogP contribution in [0.15, 0.2) is 48.5 Å². The largest absolute Gasteiger partial charge is 0.478 e. The SMILES string of the molecule is C[C@H](c1cccc([N+](=O)[O-])c1)N(C)C(=O)C[C@H]1Oc2ccccc2NC1=O. The van der Waals surface area contributed by atoms with Gasteiger partial charge in [-0.25, -0.2) is 0 Å². The van der Waals surface area contributed by atoms with E-state index in [-0.39, 0.29) is 23.9 Å². The van der Waals surface area contributed by atoms with E-state index in [2.05, 4.69) is 5.32 Å². The summed E-state index contributed by atoms with van der Waals surface area (Å²) in [5.74, 6) is -0.156. The van der Waals surface area contributed by atoms with E-state index in [9.17, 15) is 19.7 Å². The number of ether oxygens (including phenoxy) is 1. The fraction of sp³-hybridized carbons (Fsp3) is 0.263. The zero-order valence-electron chi connectivity index (χ0n) is 14.9. The molecule has 0 fully saturated rings. The van der Waals surface area contributed by atoms with Crippen LogP contribution in [0.5, 0.6) is 5.75 Å². The minimum atomic E-state index is -0.924. The van der Waals surface area contributed by atoms with Crippen LogP contribution in [0.25, 0.3) is 0 Å². The van der Waals surface area contributed by atoms with Crippen LogP contribution in [0.1, 0.15) is 24.9 Å². The van der Waals surface area contributed by atoms with Crippen LogP contribution in [-0.4, -0.2) is 34.8 Å². The van der Waals surface area contributed by atoms with Gasteiger partial charge in [-0.15, -0.1) is 0 Å². The highest BCUT2D eigenvalue weighted by Gasteiger charge is 2.31. The molecule has 0 aromatic heterocycles. The highest BCUT2D eigenvalue weighted by atomic mass is 16.6. The molecule has 2 atom stereocenters. The molecule has 2 amide bonds. The van der Waals surface area contributed by atoms with Crippen molar-refractivity contribution in [1.82, 2.24) is 4.90 Å². The zero-order chi connectivity index (χ0) is 19.6. The minimum absolute atomic E-state index is 0.0354. The molecule has 27 heavy (non-hydrogen) atoms. The molecular formula is C19H19N3O5. The number of hydrogen-bond acceptors (Lipinski definition) is 5. The van der Waals surface area contributed by atoms with Crippen molar-refractivity contribution in [1.29, 1.82) is 0 Å². The molecule has 2 aromatic carbocycles. The van der Waals surface area contributed by atoms with E-state index in [1.807, 2.05) is 0 Å². The van der Waals surface area contributed by atoms with Crippen molar-refractivity contribution in [3.63, 3.8) is 0 Å². The molecule has 1 heterocycles. The van der Waals surface area contributed by atoms with Gasteiger partial charge in [-0.05, 0) is 24.6 Å². The average Bonchev–Trinajstić information content (AvgIpc) is 2.67. The number of anilines is 1. The molecule has 3 rings (SSSR count). The third-order valence-electron chi connectivity index (χ3n) is 4.60. The Morgan fingerprint density at radius 1 is 1.30 bits per heavy atom. The number of nitro groups is 1. The number of nitrogens with zero attached hydrogens (tertiary/aromatic N) is 2. The van der Waals surface area contributed by atoms with Gasteiger partial charge in [0.2, 0.25) is 5.91 Å². The van der Waals surface area contributed by atoms with E-state index in [1.54, 1.807) is 50.4 Å². The number of non-ortho nitro benzene ring substituents is 1. The summed E-state index contributed by atoms with van der Waals surface area (Å²) in [4.78, 5) is 36.7. The summed E-state index contributed by atoms with van der Waals surface area (Å²) in [6.45, 7) is 1.77. The molecule has 1 aliphatic heterocycles. The van der Waals surface area contributed by atoms with Crippen molar-refractivity contribution in [2.75, 3.05) is 12.4 Å². The zero-order valence-corrected chi connectivity index (χ0v) is 14.9. The molecule has 8 nitrogen and oxygen atoms in total. The first-order chi connectivity index (χ1) is 12.9. The van der Waals surface area contributed by atoms with Crippen molar-refractivity contribution in [2.24, 2.45) is 0 Å². The summed E-state index contributed by atoms with van der Waals surface area (Å²) >= 11 is 0. The summed E-state index contributed by atoms with van der Waals surface area (Å²) in [6, 6.07) is 12.8. The Hall–Kier alpha value is -3.42. The molecule has 0 saturated heterocycles. The summed E-state index contributed by atoms with van der Waals surface area (Å²) in [7, 11) is 1.60. The lowest BCUT2D eigenvalue weighted by Gasteiger charge is -2.29. The van der Waals surface area contributed by atoms with E-state index in [1.165, 1.54) is 17.0 Å². The molecule has 2 aromatic rings. The average molecular weight is 369 g/mol. The molecule has 1 N–H and O–H groups in total. The molecule has 0 unspecified atom stereocenters. The van der Waals surface area contributed by atoms with E-state index in [0.717, 1.165) is 0 Å². The number of rotatable bonds is 5. The van der Waals surface area contributed by atoms with Crippen LogP contribution in [0.3, 0.4) is 0 Å². The Labute approximate surface area is 155 Å². The van der Waals surface area contributed by atoms with Crippen molar-refractivity contribution >= 4 is 23.2 Å². The van der Waals surface area contributed by atoms with E-state index < -0.39 is 17.1 Å². The Morgan fingerprint density at radius 3 is 2.78 bits per heavy atom. The first kappa shape index (κ1) is 18.4. The predicted molar refractivity (Wildman–Crippen MR) is 98.4 cm³/mol. The van der Waals surface area contributed by atoms with E-state index in [4.69, 9.17) is 4.74 Å². The second-order valence-corrected chi connectivity index (χ2v) is 6.33. The topological polar surface area (TPSA) is 102 Å². The Morgan fingerprint density at radius 2 is 2.04 bits per heavy atom. The number of fused-ring (bicyclic) bond motifs is 1. The van der Waals surface area contributed by atoms with Gasteiger partial charge < -0.3 is 15.0 Å². The fourth-order valence-corrected chi connectivity index (χ4v) is 2.87. The molecule has 1 aliphatic rings. The fourth-order valence-electron chi connectivity index (χ4n) is 2.87. The van der Waals surface area contributed by atoms with Gasteiger partial charge in [0, 0.05) is 19.2 Å². The van der Waals surface area contributed by atoms with Gasteiger partial charge in [0.1, 0.15) is 5.75 Å². The number of para-hydroxylation sites is 2. The maximum absolute atomic E-state index is 12.6. The van der Waals surface area contributed by atoms with Crippen LogP contribution in [0.2, 0.25) is 0 Å². The molecule has 140 valence electrons. The molecule has 0 saturated carbocycles. The van der Waals surface area contributed by atoms with E-state index >= 15 is 0 Å². The van der Waals surface area contributed by atoms with Gasteiger partial charge in [0.05, 0.1) is 23.1 Å². The summed E-state index contributed by atoms with van der Waals surface area (Å²) < 4.78 is 5.65. The molecule has 8 heteroatoms. The van der Waals surface area contributed by atoms with Crippen LogP contribution in [-0.2, 0) is 9.59 Å². The lowest BCUT2D eigenvalue weighted by molar-refractivity contribution is -0.384. The second-order valence-electron chi connectivity index (χ2n) is 6.33. The molecule has 0 radical (unpaired) electrons. The molecule has 0 aliphatic carbocycles. The van der Waals surface area contributed by atoms with Crippen LogP contribution >= 0.6 is 0 Å². The van der Waals surface area contributed by atoms with Crippen molar-refractivity contribution < 1.29 is 19.2 Å². The van der Waals surface area contributed by atoms with Gasteiger partial charge in [0.25, 0.3) is 11.6 Å². The lowest BCUT2D eigenvalue weighted by Crippen LogP contribution is -2.41. The highest BCUT2D eigenvalue weighted by Crippen LogP contribution is 2.30. The molecular weight excluding hydrogens is 350 g/mol. The second kappa shape index (κ2) is 7.45. The quantitative estimate of drug-likeness (QED) is 0.645. The van der Waals surface area contributed by atoms with Crippen LogP contribution < -0.4 is 10.1 Å². The maximum atomic E-state index is 12.6. The first-order valence-electron chi connectivity index (χ1n) is 8.43. The highest BCUT2D eigenvalue weighted by molar-refractivity contribution is 5.99. The molecule has 0 spiro atoms. The third-order valence-corrected chi connectivity index (χ3v) is 4.60. The number of amides is 2. The molecule has 0 bridgehead atoms. The Kier molecular flexibility index (Phi) is 5.07. The first-order valence-corrected chi connectivity index (χ1v) is 8.43. The summed E-state index contributed by atoms with van der Waals surface area (Å²) in [5.41, 5.74) is 1.18. The number of benzene rings is 2. The van der Waals surface area contributed by atoms with Gasteiger partial charge in [-0.2, -0.15) is 0 Å². The van der Waals surface area contributed by atoms with Gasteiger partial charge >= 0.3 is 0 Å². The number of carbonyl (C=O) groups is 2. The number of nitrogens with one attached hydrogen (secondary N) is 1. The van der Waals surface area contributed by atoms with Crippen molar-refractivity contribution in [2.45, 2.75) is 25.5 Å². The van der Waals surface area contributed by atoms with Gasteiger partial charge in [-0.1, -0.05) is 24.3 Å².